The second-order valence-electron chi connectivity index (χ2n) is 6.18. The lowest BCUT2D eigenvalue weighted by atomic mass is 9.98. The van der Waals surface area contributed by atoms with Crippen molar-refractivity contribution in [3.63, 3.8) is 0 Å². The average Bonchev–Trinajstić information content (AvgIpc) is 3.13. The summed E-state index contributed by atoms with van der Waals surface area (Å²) in [6, 6.07) is 0.200. The standard InChI is InChI=1S/C15H23N5O2/c1-11-14(17-18-16-11)15(22)20-9-3-2-5-12(20)7-10-19-8-4-6-13(19)21/h12H,2-10H2,1H3,(H,16,17,18). The minimum Gasteiger partial charge on any atom is -0.343 e. The molecular formula is C15H23N5O2. The molecule has 7 nitrogen and oxygen atoms in total. The molecule has 1 aromatic heterocycles. The lowest BCUT2D eigenvalue weighted by Crippen LogP contribution is -2.45. The van der Waals surface area contributed by atoms with Crippen LogP contribution in [0.3, 0.4) is 0 Å². The van der Waals surface area contributed by atoms with Crippen molar-refractivity contribution in [3.05, 3.63) is 11.4 Å². The largest absolute Gasteiger partial charge is 0.343 e. The quantitative estimate of drug-likeness (QED) is 0.903. The summed E-state index contributed by atoms with van der Waals surface area (Å²) in [6.07, 6.45) is 5.66. The summed E-state index contributed by atoms with van der Waals surface area (Å²) in [6.45, 7) is 4.18. The first-order valence-electron chi connectivity index (χ1n) is 8.13. The van der Waals surface area contributed by atoms with Crippen LogP contribution in [0.25, 0.3) is 0 Å². The van der Waals surface area contributed by atoms with E-state index < -0.39 is 0 Å². The molecule has 2 saturated heterocycles. The van der Waals surface area contributed by atoms with Gasteiger partial charge in [0.05, 0.1) is 5.69 Å². The van der Waals surface area contributed by atoms with Crippen molar-refractivity contribution in [2.45, 2.75) is 51.5 Å². The summed E-state index contributed by atoms with van der Waals surface area (Å²) in [7, 11) is 0. The third-order valence-electron chi connectivity index (χ3n) is 4.72. The van der Waals surface area contributed by atoms with Gasteiger partial charge in [-0.2, -0.15) is 15.4 Å². The van der Waals surface area contributed by atoms with Crippen LogP contribution in [0.1, 0.15) is 54.7 Å². The van der Waals surface area contributed by atoms with E-state index in [-0.39, 0.29) is 17.9 Å². The molecule has 3 heterocycles. The SMILES string of the molecule is Cc1n[nH]nc1C(=O)N1CCCCC1CCN1CCCC1=O. The monoisotopic (exact) mass is 305 g/mol. The van der Waals surface area contributed by atoms with E-state index in [0.29, 0.717) is 17.8 Å². The number of hydrogen-bond acceptors (Lipinski definition) is 4. The van der Waals surface area contributed by atoms with Crippen molar-refractivity contribution < 1.29 is 9.59 Å². The highest BCUT2D eigenvalue weighted by molar-refractivity contribution is 5.93. The predicted molar refractivity (Wildman–Crippen MR) is 80.2 cm³/mol. The Morgan fingerprint density at radius 2 is 2.14 bits per heavy atom. The van der Waals surface area contributed by atoms with Gasteiger partial charge in [-0.15, -0.1) is 0 Å². The Morgan fingerprint density at radius 3 is 2.82 bits per heavy atom. The van der Waals surface area contributed by atoms with Gasteiger partial charge in [-0.25, -0.2) is 0 Å². The molecule has 0 radical (unpaired) electrons. The van der Waals surface area contributed by atoms with Gasteiger partial charge in [0.15, 0.2) is 5.69 Å². The highest BCUT2D eigenvalue weighted by Gasteiger charge is 2.31. The average molecular weight is 305 g/mol. The molecule has 0 aliphatic carbocycles. The molecular weight excluding hydrogens is 282 g/mol. The summed E-state index contributed by atoms with van der Waals surface area (Å²) in [4.78, 5) is 28.2. The summed E-state index contributed by atoms with van der Waals surface area (Å²) in [5, 5.41) is 10.4. The molecule has 2 fully saturated rings. The van der Waals surface area contributed by atoms with Crippen molar-refractivity contribution in [1.29, 1.82) is 0 Å². The Morgan fingerprint density at radius 1 is 1.27 bits per heavy atom. The Balaban J connectivity index is 1.64. The predicted octanol–water partition coefficient (Wildman–Crippen LogP) is 1.12. The van der Waals surface area contributed by atoms with Crippen molar-refractivity contribution in [2.75, 3.05) is 19.6 Å². The Kier molecular flexibility index (Phi) is 4.40. The molecule has 0 aromatic carbocycles. The maximum Gasteiger partial charge on any atom is 0.276 e. The van der Waals surface area contributed by atoms with Crippen LogP contribution in [0.15, 0.2) is 0 Å². The Hall–Kier alpha value is -1.92. The normalized spacial score (nSPS) is 22.4. The van der Waals surface area contributed by atoms with Crippen molar-refractivity contribution in [1.82, 2.24) is 25.2 Å². The van der Waals surface area contributed by atoms with Crippen LogP contribution in [0.2, 0.25) is 0 Å². The molecule has 7 heteroatoms. The van der Waals surface area contributed by atoms with Crippen LogP contribution in [0.5, 0.6) is 0 Å². The van der Waals surface area contributed by atoms with Crippen LogP contribution < -0.4 is 0 Å². The van der Waals surface area contributed by atoms with Gasteiger partial charge in [0, 0.05) is 32.1 Å². The van der Waals surface area contributed by atoms with Crippen LogP contribution >= 0.6 is 0 Å². The minimum atomic E-state index is -0.0382. The molecule has 1 unspecified atom stereocenters. The van der Waals surface area contributed by atoms with Gasteiger partial charge < -0.3 is 9.80 Å². The smallest absolute Gasteiger partial charge is 0.276 e. The topological polar surface area (TPSA) is 82.2 Å². The second-order valence-corrected chi connectivity index (χ2v) is 6.18. The molecule has 1 N–H and O–H groups in total. The number of aryl methyl sites for hydroxylation is 1. The fraction of sp³-hybridized carbons (Fsp3) is 0.733. The van der Waals surface area contributed by atoms with Crippen LogP contribution in [0, 0.1) is 6.92 Å². The summed E-state index contributed by atoms with van der Waals surface area (Å²) >= 11 is 0. The van der Waals surface area contributed by atoms with Crippen LogP contribution in [0.4, 0.5) is 0 Å². The van der Waals surface area contributed by atoms with E-state index in [4.69, 9.17) is 0 Å². The van der Waals surface area contributed by atoms with Gasteiger partial charge in [0.25, 0.3) is 5.91 Å². The maximum atomic E-state index is 12.7. The molecule has 0 spiro atoms. The summed E-state index contributed by atoms with van der Waals surface area (Å²) in [5.41, 5.74) is 1.06. The van der Waals surface area contributed by atoms with E-state index in [1.807, 2.05) is 9.80 Å². The molecule has 1 atom stereocenters. The molecule has 2 amide bonds. The summed E-state index contributed by atoms with van der Waals surface area (Å²) < 4.78 is 0. The number of H-pyrrole nitrogens is 1. The molecule has 3 rings (SSSR count). The first kappa shape index (κ1) is 15.0. The number of likely N-dealkylation sites (tertiary alicyclic amines) is 2. The Bertz CT molecular complexity index is 556. The first-order valence-corrected chi connectivity index (χ1v) is 8.13. The molecule has 22 heavy (non-hydrogen) atoms. The number of nitrogens with one attached hydrogen (secondary N) is 1. The van der Waals surface area contributed by atoms with Gasteiger partial charge >= 0.3 is 0 Å². The fourth-order valence-electron chi connectivity index (χ4n) is 3.44. The zero-order valence-electron chi connectivity index (χ0n) is 13.0. The van der Waals surface area contributed by atoms with Gasteiger partial charge in [0.1, 0.15) is 0 Å². The third kappa shape index (κ3) is 2.98. The van der Waals surface area contributed by atoms with Crippen LogP contribution in [-0.2, 0) is 4.79 Å². The molecule has 1 aromatic rings. The molecule has 2 aliphatic rings. The van der Waals surface area contributed by atoms with E-state index in [1.54, 1.807) is 6.92 Å². The van der Waals surface area contributed by atoms with Gasteiger partial charge in [0.2, 0.25) is 5.91 Å². The summed E-state index contributed by atoms with van der Waals surface area (Å²) in [5.74, 6) is 0.213. The molecule has 0 saturated carbocycles. The highest BCUT2D eigenvalue weighted by atomic mass is 16.2. The lowest BCUT2D eigenvalue weighted by molar-refractivity contribution is -0.127. The Labute approximate surface area is 130 Å². The highest BCUT2D eigenvalue weighted by Crippen LogP contribution is 2.23. The minimum absolute atomic E-state index is 0.0382. The number of aromatic amines is 1. The van der Waals surface area contributed by atoms with Gasteiger partial charge in [-0.1, -0.05) is 0 Å². The van der Waals surface area contributed by atoms with Crippen molar-refractivity contribution in [2.24, 2.45) is 0 Å². The number of carbonyl (C=O) groups is 2. The number of nitrogens with zero attached hydrogens (tertiary/aromatic N) is 4. The third-order valence-corrected chi connectivity index (χ3v) is 4.72. The number of amides is 2. The van der Waals surface area contributed by atoms with Gasteiger partial charge in [-0.3, -0.25) is 9.59 Å². The number of carbonyl (C=O) groups excluding carboxylic acids is 2. The number of piperidine rings is 1. The second kappa shape index (κ2) is 6.46. The lowest BCUT2D eigenvalue weighted by Gasteiger charge is -2.36. The van der Waals surface area contributed by atoms with E-state index in [0.717, 1.165) is 51.7 Å². The maximum absolute atomic E-state index is 12.7. The zero-order valence-corrected chi connectivity index (χ0v) is 13.0. The number of rotatable bonds is 4. The number of aromatic nitrogens is 3. The first-order chi connectivity index (χ1) is 10.7. The van der Waals surface area contributed by atoms with Gasteiger partial charge in [-0.05, 0) is 39.0 Å². The van der Waals surface area contributed by atoms with Crippen LogP contribution in [-0.4, -0.2) is 62.7 Å². The fourth-order valence-corrected chi connectivity index (χ4v) is 3.44. The van der Waals surface area contributed by atoms with E-state index in [2.05, 4.69) is 15.4 Å². The van der Waals surface area contributed by atoms with Crippen molar-refractivity contribution in [3.8, 4) is 0 Å². The van der Waals surface area contributed by atoms with E-state index in [1.165, 1.54) is 0 Å². The van der Waals surface area contributed by atoms with E-state index in [9.17, 15) is 9.59 Å². The molecule has 2 aliphatic heterocycles. The molecule has 0 bridgehead atoms. The van der Waals surface area contributed by atoms with Crippen molar-refractivity contribution >= 4 is 11.8 Å². The zero-order chi connectivity index (χ0) is 15.5. The van der Waals surface area contributed by atoms with E-state index >= 15 is 0 Å². The number of hydrogen-bond donors (Lipinski definition) is 1. The molecule has 120 valence electrons.